The molecule has 2 rings (SSSR count). The van der Waals surface area contributed by atoms with E-state index < -0.39 is 0 Å². The second-order valence-electron chi connectivity index (χ2n) is 4.43. The summed E-state index contributed by atoms with van der Waals surface area (Å²) in [5.74, 6) is 5.02. The number of amides is 1. The van der Waals surface area contributed by atoms with E-state index in [1.807, 2.05) is 13.8 Å². The molecule has 6 heteroatoms. The minimum atomic E-state index is -0.226. The SMILES string of the molecule is Cc1cnc(C(C)NC(=O)c2cncc(C#CCO)c2)s1. The van der Waals surface area contributed by atoms with Crippen LogP contribution in [0.3, 0.4) is 0 Å². The fourth-order valence-electron chi connectivity index (χ4n) is 1.69. The number of aliphatic hydroxyl groups excluding tert-OH is 1. The maximum absolute atomic E-state index is 12.2. The minimum absolute atomic E-state index is 0.164. The molecule has 0 bridgehead atoms. The molecule has 1 atom stereocenters. The van der Waals surface area contributed by atoms with Gasteiger partial charge in [-0.05, 0) is 19.9 Å². The van der Waals surface area contributed by atoms with Crippen molar-refractivity contribution in [3.8, 4) is 11.8 Å². The maximum Gasteiger partial charge on any atom is 0.253 e. The van der Waals surface area contributed by atoms with Gasteiger partial charge in [0.05, 0.1) is 11.6 Å². The van der Waals surface area contributed by atoms with Crippen molar-refractivity contribution in [1.82, 2.24) is 15.3 Å². The number of rotatable bonds is 3. The van der Waals surface area contributed by atoms with Gasteiger partial charge in [0.15, 0.2) is 0 Å². The number of hydrogen-bond donors (Lipinski definition) is 2. The first-order valence-electron chi connectivity index (χ1n) is 6.38. The lowest BCUT2D eigenvalue weighted by molar-refractivity contribution is 0.0939. The predicted octanol–water partition coefficient (Wildman–Crippen LogP) is 1.68. The van der Waals surface area contributed by atoms with E-state index >= 15 is 0 Å². The van der Waals surface area contributed by atoms with Crippen LogP contribution in [0.4, 0.5) is 0 Å². The van der Waals surface area contributed by atoms with Gasteiger partial charge in [-0.25, -0.2) is 4.98 Å². The van der Waals surface area contributed by atoms with Crippen LogP contribution < -0.4 is 5.32 Å². The van der Waals surface area contributed by atoms with Crippen LogP contribution in [0.5, 0.6) is 0 Å². The number of carbonyl (C=O) groups is 1. The van der Waals surface area contributed by atoms with E-state index in [0.717, 1.165) is 9.88 Å². The van der Waals surface area contributed by atoms with Gasteiger partial charge in [0.2, 0.25) is 0 Å². The molecule has 2 heterocycles. The highest BCUT2D eigenvalue weighted by Gasteiger charge is 2.14. The van der Waals surface area contributed by atoms with E-state index in [2.05, 4.69) is 27.1 Å². The van der Waals surface area contributed by atoms with Gasteiger partial charge in [0.1, 0.15) is 11.6 Å². The summed E-state index contributed by atoms with van der Waals surface area (Å²) in [5, 5.41) is 12.4. The Morgan fingerprint density at radius 1 is 1.48 bits per heavy atom. The van der Waals surface area contributed by atoms with E-state index in [1.165, 1.54) is 6.20 Å². The number of pyridine rings is 1. The number of thiazole rings is 1. The van der Waals surface area contributed by atoms with Crippen molar-refractivity contribution in [1.29, 1.82) is 0 Å². The third kappa shape index (κ3) is 4.12. The molecule has 2 aromatic rings. The maximum atomic E-state index is 12.2. The van der Waals surface area contributed by atoms with Gasteiger partial charge in [-0.1, -0.05) is 11.8 Å². The highest BCUT2D eigenvalue weighted by molar-refractivity contribution is 7.11. The largest absolute Gasteiger partial charge is 0.384 e. The van der Waals surface area contributed by atoms with Crippen LogP contribution in [-0.2, 0) is 0 Å². The summed E-state index contributed by atoms with van der Waals surface area (Å²) in [6.07, 6.45) is 4.82. The van der Waals surface area contributed by atoms with E-state index in [9.17, 15) is 4.79 Å². The third-order valence-corrected chi connectivity index (χ3v) is 3.76. The second-order valence-corrected chi connectivity index (χ2v) is 5.69. The summed E-state index contributed by atoms with van der Waals surface area (Å²) in [7, 11) is 0. The lowest BCUT2D eigenvalue weighted by Gasteiger charge is -2.11. The Morgan fingerprint density at radius 2 is 2.29 bits per heavy atom. The zero-order chi connectivity index (χ0) is 15.2. The van der Waals surface area contributed by atoms with Crippen molar-refractivity contribution in [3.63, 3.8) is 0 Å². The highest BCUT2D eigenvalue weighted by Crippen LogP contribution is 2.19. The van der Waals surface area contributed by atoms with E-state index in [4.69, 9.17) is 5.11 Å². The number of carbonyl (C=O) groups excluding carboxylic acids is 1. The lowest BCUT2D eigenvalue weighted by Crippen LogP contribution is -2.26. The van der Waals surface area contributed by atoms with Crippen LogP contribution in [0.1, 0.15) is 38.8 Å². The molecule has 0 aliphatic carbocycles. The molecular weight excluding hydrogens is 286 g/mol. The normalized spacial score (nSPS) is 11.4. The van der Waals surface area contributed by atoms with Crippen LogP contribution in [-0.4, -0.2) is 27.6 Å². The van der Waals surface area contributed by atoms with Gasteiger partial charge in [0.25, 0.3) is 5.91 Å². The van der Waals surface area contributed by atoms with Crippen molar-refractivity contribution in [2.24, 2.45) is 0 Å². The van der Waals surface area contributed by atoms with Crippen molar-refractivity contribution in [2.45, 2.75) is 19.9 Å². The quantitative estimate of drug-likeness (QED) is 0.846. The first kappa shape index (κ1) is 15.2. The molecule has 5 nitrogen and oxygen atoms in total. The minimum Gasteiger partial charge on any atom is -0.384 e. The summed E-state index contributed by atoms with van der Waals surface area (Å²) in [6.45, 7) is 3.64. The zero-order valence-electron chi connectivity index (χ0n) is 11.8. The number of nitrogens with one attached hydrogen (secondary N) is 1. The summed E-state index contributed by atoms with van der Waals surface area (Å²) < 4.78 is 0. The molecule has 0 saturated heterocycles. The van der Waals surface area contributed by atoms with Gasteiger partial charge >= 0.3 is 0 Å². The van der Waals surface area contributed by atoms with E-state index in [1.54, 1.807) is 29.8 Å². The fourth-order valence-corrected chi connectivity index (χ4v) is 2.46. The van der Waals surface area contributed by atoms with Crippen molar-refractivity contribution >= 4 is 17.2 Å². The molecule has 0 saturated carbocycles. The van der Waals surface area contributed by atoms with Crippen molar-refractivity contribution in [3.05, 3.63) is 45.7 Å². The highest BCUT2D eigenvalue weighted by atomic mass is 32.1. The van der Waals surface area contributed by atoms with Gasteiger partial charge in [-0.2, -0.15) is 0 Å². The van der Waals surface area contributed by atoms with Gasteiger partial charge in [-0.15, -0.1) is 11.3 Å². The van der Waals surface area contributed by atoms with Crippen LogP contribution in [0.25, 0.3) is 0 Å². The molecule has 1 amide bonds. The van der Waals surface area contributed by atoms with Crippen molar-refractivity contribution < 1.29 is 9.90 Å². The molecular formula is C15H15N3O2S. The Bertz CT molecular complexity index is 700. The smallest absolute Gasteiger partial charge is 0.253 e. The number of hydrogen-bond acceptors (Lipinski definition) is 5. The van der Waals surface area contributed by atoms with Gasteiger partial charge < -0.3 is 10.4 Å². The van der Waals surface area contributed by atoms with Crippen LogP contribution in [0, 0.1) is 18.8 Å². The third-order valence-electron chi connectivity index (χ3n) is 2.67. The molecule has 108 valence electrons. The fraction of sp³-hybridized carbons (Fsp3) is 0.267. The monoisotopic (exact) mass is 301 g/mol. The van der Waals surface area contributed by atoms with Crippen LogP contribution in [0.2, 0.25) is 0 Å². The Kier molecular flexibility index (Phi) is 5.04. The molecule has 0 aliphatic heterocycles. The lowest BCUT2D eigenvalue weighted by atomic mass is 10.2. The van der Waals surface area contributed by atoms with Crippen molar-refractivity contribution in [2.75, 3.05) is 6.61 Å². The number of aryl methyl sites for hydroxylation is 1. The average molecular weight is 301 g/mol. The zero-order valence-corrected chi connectivity index (χ0v) is 12.6. The first-order valence-corrected chi connectivity index (χ1v) is 7.19. The molecule has 0 fully saturated rings. The van der Waals surface area contributed by atoms with E-state index in [0.29, 0.717) is 11.1 Å². The summed E-state index contributed by atoms with van der Waals surface area (Å²) in [4.78, 5) is 21.5. The Hall–Kier alpha value is -2.23. The summed E-state index contributed by atoms with van der Waals surface area (Å²) >= 11 is 1.56. The number of nitrogens with zero attached hydrogens (tertiary/aromatic N) is 2. The summed E-state index contributed by atoms with van der Waals surface area (Å²) in [5.41, 5.74) is 1.02. The molecule has 2 aromatic heterocycles. The standard InChI is InChI=1S/C15H15N3O2S/c1-10-7-17-15(21-10)11(2)18-14(20)13-6-12(4-3-5-19)8-16-9-13/h6-9,11,19H,5H2,1-2H3,(H,18,20). The number of aromatic nitrogens is 2. The molecule has 0 radical (unpaired) electrons. The van der Waals surface area contributed by atoms with Gasteiger partial charge in [0, 0.05) is 29.0 Å². The average Bonchev–Trinajstić information content (AvgIpc) is 2.92. The molecule has 2 N–H and O–H groups in total. The topological polar surface area (TPSA) is 75.1 Å². The molecule has 21 heavy (non-hydrogen) atoms. The van der Waals surface area contributed by atoms with Crippen LogP contribution >= 0.6 is 11.3 Å². The second kappa shape index (κ2) is 6.97. The molecule has 0 spiro atoms. The van der Waals surface area contributed by atoms with Gasteiger partial charge in [-0.3, -0.25) is 9.78 Å². The molecule has 0 aromatic carbocycles. The Labute approximate surface area is 127 Å². The predicted molar refractivity (Wildman–Crippen MR) is 80.9 cm³/mol. The van der Waals surface area contributed by atoms with E-state index in [-0.39, 0.29) is 18.6 Å². The Balaban J connectivity index is 2.09. The summed E-state index contributed by atoms with van der Waals surface area (Å²) in [6, 6.07) is 1.48. The van der Waals surface area contributed by atoms with Crippen LogP contribution in [0.15, 0.2) is 24.7 Å². The Morgan fingerprint density at radius 3 is 2.95 bits per heavy atom. The number of aliphatic hydroxyl groups is 1. The molecule has 0 aliphatic rings. The molecule has 1 unspecified atom stereocenters. The first-order chi connectivity index (χ1) is 10.1.